The standard InChI is InChI=1S/C25H26F3N5O3/c1-22(2)13-15-12-16(4-5-17(15)24(22,35)25(26,27)28)31-20-19-18(6-10-30-21(19)34)33(32-20)23(8-9-29)7-3-11-36-14-23/h4-6,10,12,35H,3,7-8,11,13-14H2,1-2H3,(H,30,34)(H,31,32)/t23-,24-/m0/s1. The zero-order valence-electron chi connectivity index (χ0n) is 19.9. The van der Waals surface area contributed by atoms with E-state index in [1.165, 1.54) is 32.2 Å². The first kappa shape index (κ1) is 24.3. The second-order valence-electron chi connectivity index (χ2n) is 10.3. The molecule has 1 saturated heterocycles. The van der Waals surface area contributed by atoms with Gasteiger partial charge in [-0.05, 0) is 48.6 Å². The Bertz CT molecular complexity index is 1430. The first-order valence-corrected chi connectivity index (χ1v) is 11.7. The maximum absolute atomic E-state index is 13.9. The van der Waals surface area contributed by atoms with Crippen LogP contribution in [-0.2, 0) is 22.3 Å². The van der Waals surface area contributed by atoms with Gasteiger partial charge >= 0.3 is 6.18 Å². The van der Waals surface area contributed by atoms with Crippen molar-refractivity contribution in [2.24, 2.45) is 5.41 Å². The molecule has 1 aliphatic heterocycles. The van der Waals surface area contributed by atoms with Crippen LogP contribution in [0.2, 0.25) is 0 Å². The fourth-order valence-electron chi connectivity index (χ4n) is 5.70. The number of nitriles is 1. The molecule has 2 aliphatic rings. The number of halogens is 3. The molecule has 0 unspecified atom stereocenters. The van der Waals surface area contributed by atoms with Crippen molar-refractivity contribution in [2.75, 3.05) is 18.5 Å². The number of benzene rings is 1. The number of hydrogen-bond acceptors (Lipinski definition) is 6. The highest BCUT2D eigenvalue weighted by atomic mass is 19.4. The van der Waals surface area contributed by atoms with E-state index in [-0.39, 0.29) is 41.8 Å². The van der Waals surface area contributed by atoms with Gasteiger partial charge in [-0.2, -0.15) is 23.5 Å². The van der Waals surface area contributed by atoms with Crippen LogP contribution < -0.4 is 10.9 Å². The van der Waals surface area contributed by atoms with Crippen LogP contribution in [0.4, 0.5) is 24.7 Å². The quantitative estimate of drug-likeness (QED) is 0.493. The SMILES string of the molecule is CC1(C)Cc2cc(Nc3nn([C@]4(CC#N)CCCOC4)c4cc[nH]c(=O)c34)ccc2[C@@]1(O)C(F)(F)F. The van der Waals surface area contributed by atoms with Crippen LogP contribution in [0.25, 0.3) is 10.9 Å². The van der Waals surface area contributed by atoms with Gasteiger partial charge in [0, 0.05) is 23.9 Å². The topological polar surface area (TPSA) is 116 Å². The lowest BCUT2D eigenvalue weighted by Crippen LogP contribution is -2.50. The Morgan fingerprint density at radius 3 is 2.78 bits per heavy atom. The number of nitrogens with one attached hydrogen (secondary N) is 2. The van der Waals surface area contributed by atoms with E-state index < -0.39 is 22.7 Å². The van der Waals surface area contributed by atoms with Crippen molar-refractivity contribution >= 4 is 22.4 Å². The van der Waals surface area contributed by atoms with E-state index >= 15 is 0 Å². The van der Waals surface area contributed by atoms with Crippen LogP contribution in [0.15, 0.2) is 35.3 Å². The van der Waals surface area contributed by atoms with Crippen molar-refractivity contribution in [3.8, 4) is 6.07 Å². The molecule has 0 radical (unpaired) electrons. The second-order valence-corrected chi connectivity index (χ2v) is 10.3. The third kappa shape index (κ3) is 3.43. The lowest BCUT2D eigenvalue weighted by atomic mass is 9.75. The summed E-state index contributed by atoms with van der Waals surface area (Å²) in [5.74, 6) is 0.220. The molecule has 1 aromatic carbocycles. The van der Waals surface area contributed by atoms with E-state index in [4.69, 9.17) is 4.74 Å². The fraction of sp³-hybridized carbons (Fsp3) is 0.480. The largest absolute Gasteiger partial charge is 0.421 e. The first-order chi connectivity index (χ1) is 16.9. The van der Waals surface area contributed by atoms with Crippen molar-refractivity contribution < 1.29 is 23.0 Å². The Morgan fingerprint density at radius 2 is 2.11 bits per heavy atom. The van der Waals surface area contributed by atoms with Crippen LogP contribution in [0.5, 0.6) is 0 Å². The number of H-pyrrole nitrogens is 1. The monoisotopic (exact) mass is 501 g/mol. The molecule has 1 aliphatic carbocycles. The van der Waals surface area contributed by atoms with Crippen LogP contribution >= 0.6 is 0 Å². The van der Waals surface area contributed by atoms with Crippen molar-refractivity contribution in [2.45, 2.75) is 56.8 Å². The molecule has 8 nitrogen and oxygen atoms in total. The third-order valence-electron chi connectivity index (χ3n) is 7.54. The van der Waals surface area contributed by atoms with E-state index in [1.54, 1.807) is 16.8 Å². The van der Waals surface area contributed by atoms with E-state index in [2.05, 4.69) is 21.5 Å². The molecule has 0 bridgehead atoms. The molecular formula is C25H26F3N5O3. The molecule has 190 valence electrons. The van der Waals surface area contributed by atoms with E-state index in [1.807, 2.05) is 0 Å². The van der Waals surface area contributed by atoms with Crippen LogP contribution in [0.3, 0.4) is 0 Å². The highest BCUT2D eigenvalue weighted by Crippen LogP contribution is 2.58. The number of alkyl halides is 3. The zero-order chi connectivity index (χ0) is 25.9. The molecule has 2 atom stereocenters. The van der Waals surface area contributed by atoms with Gasteiger partial charge < -0.3 is 20.1 Å². The Labute approximate surface area is 204 Å². The van der Waals surface area contributed by atoms with E-state index in [0.29, 0.717) is 29.8 Å². The first-order valence-electron chi connectivity index (χ1n) is 11.7. The summed E-state index contributed by atoms with van der Waals surface area (Å²) in [6.45, 7) is 3.63. The van der Waals surface area contributed by atoms with Crippen LogP contribution in [0.1, 0.15) is 44.2 Å². The summed E-state index contributed by atoms with van der Waals surface area (Å²) in [4.78, 5) is 15.5. The number of nitrogens with zero attached hydrogens (tertiary/aromatic N) is 3. The van der Waals surface area contributed by atoms with Crippen LogP contribution in [-0.4, -0.2) is 39.3 Å². The summed E-state index contributed by atoms with van der Waals surface area (Å²) in [5.41, 5.74) is -4.42. The minimum absolute atomic E-state index is 0.0201. The molecule has 1 fully saturated rings. The Morgan fingerprint density at radius 1 is 1.33 bits per heavy atom. The van der Waals surface area contributed by atoms with Crippen molar-refractivity contribution in [1.82, 2.24) is 14.8 Å². The number of rotatable bonds is 4. The summed E-state index contributed by atoms with van der Waals surface area (Å²) >= 11 is 0. The summed E-state index contributed by atoms with van der Waals surface area (Å²) in [7, 11) is 0. The highest BCUT2D eigenvalue weighted by molar-refractivity contribution is 5.91. The van der Waals surface area contributed by atoms with Crippen molar-refractivity contribution in [1.29, 1.82) is 5.26 Å². The molecule has 11 heteroatoms. The number of fused-ring (bicyclic) bond motifs is 2. The maximum Gasteiger partial charge on any atom is 0.421 e. The van der Waals surface area contributed by atoms with Crippen LogP contribution in [0, 0.1) is 16.7 Å². The molecule has 3 N–H and O–H groups in total. The van der Waals surface area contributed by atoms with Crippen molar-refractivity contribution in [3.63, 3.8) is 0 Å². The normalized spacial score (nSPS) is 25.5. The number of hydrogen-bond donors (Lipinski definition) is 3. The summed E-state index contributed by atoms with van der Waals surface area (Å²) in [6, 6.07) is 8.18. The van der Waals surface area contributed by atoms with Gasteiger partial charge in [-0.3, -0.25) is 9.48 Å². The number of ether oxygens (including phenoxy) is 1. The summed E-state index contributed by atoms with van der Waals surface area (Å²) in [6.07, 6.45) is -1.79. The van der Waals surface area contributed by atoms with E-state index in [0.717, 1.165) is 6.42 Å². The Balaban J connectivity index is 1.60. The minimum Gasteiger partial charge on any atom is -0.379 e. The predicted octanol–water partition coefficient (Wildman–Crippen LogP) is 4.22. The Hall–Kier alpha value is -3.36. The second kappa shape index (κ2) is 8.08. The molecule has 0 saturated carbocycles. The number of aliphatic hydroxyl groups is 1. The van der Waals surface area contributed by atoms with Gasteiger partial charge in [0.05, 0.1) is 30.2 Å². The maximum atomic E-state index is 13.9. The molecule has 2 aromatic heterocycles. The van der Waals surface area contributed by atoms with Gasteiger partial charge in [0.1, 0.15) is 5.39 Å². The van der Waals surface area contributed by atoms with Gasteiger partial charge in [-0.1, -0.05) is 19.9 Å². The molecular weight excluding hydrogens is 475 g/mol. The summed E-state index contributed by atoms with van der Waals surface area (Å²) in [5, 5.41) is 28.3. The number of aromatic nitrogens is 3. The Kier molecular flexibility index (Phi) is 5.46. The molecule has 0 spiro atoms. The number of pyridine rings is 1. The highest BCUT2D eigenvalue weighted by Gasteiger charge is 2.66. The lowest BCUT2D eigenvalue weighted by Gasteiger charge is -2.38. The smallest absolute Gasteiger partial charge is 0.379 e. The molecule has 36 heavy (non-hydrogen) atoms. The minimum atomic E-state index is -4.84. The third-order valence-corrected chi connectivity index (χ3v) is 7.54. The van der Waals surface area contributed by atoms with Gasteiger partial charge in [0.15, 0.2) is 11.4 Å². The number of anilines is 2. The molecule has 0 amide bonds. The van der Waals surface area contributed by atoms with Crippen molar-refractivity contribution in [3.05, 3.63) is 51.9 Å². The van der Waals surface area contributed by atoms with Gasteiger partial charge in [-0.15, -0.1) is 0 Å². The van der Waals surface area contributed by atoms with Gasteiger partial charge in [0.25, 0.3) is 5.56 Å². The lowest BCUT2D eigenvalue weighted by molar-refractivity contribution is -0.299. The average molecular weight is 502 g/mol. The molecule has 3 heterocycles. The summed E-state index contributed by atoms with van der Waals surface area (Å²) < 4.78 is 49.1. The fourth-order valence-corrected chi connectivity index (χ4v) is 5.70. The predicted molar refractivity (Wildman–Crippen MR) is 126 cm³/mol. The number of aromatic amines is 1. The van der Waals surface area contributed by atoms with Gasteiger partial charge in [0.2, 0.25) is 0 Å². The van der Waals surface area contributed by atoms with E-state index in [9.17, 15) is 28.3 Å². The van der Waals surface area contributed by atoms with Gasteiger partial charge in [-0.25, -0.2) is 0 Å². The zero-order valence-corrected chi connectivity index (χ0v) is 19.9. The molecule has 3 aromatic rings. The average Bonchev–Trinajstić information content (AvgIpc) is 3.28. The molecule has 5 rings (SSSR count).